The number of benzene rings is 1. The summed E-state index contributed by atoms with van der Waals surface area (Å²) in [4.78, 5) is 8.66. The van der Waals surface area contributed by atoms with Crippen LogP contribution in [-0.2, 0) is 0 Å². The van der Waals surface area contributed by atoms with Gasteiger partial charge in [-0.1, -0.05) is 43.3 Å². The Morgan fingerprint density at radius 1 is 1.25 bits per heavy atom. The number of aromatic nitrogens is 2. The van der Waals surface area contributed by atoms with E-state index in [0.29, 0.717) is 11.1 Å². The van der Waals surface area contributed by atoms with Gasteiger partial charge in [0.25, 0.3) is 0 Å². The molecule has 4 heteroatoms. The molecule has 2 rings (SSSR count). The molecule has 0 amide bonds. The van der Waals surface area contributed by atoms with Crippen molar-refractivity contribution < 1.29 is 0 Å². The maximum atomic E-state index is 6.15. The van der Waals surface area contributed by atoms with Gasteiger partial charge in [-0.3, -0.25) is 0 Å². The molecule has 0 N–H and O–H groups in total. The molecule has 16 heavy (non-hydrogen) atoms. The Labute approximate surface area is 104 Å². The molecule has 2 nitrogen and oxygen atoms in total. The molecule has 2 aromatic rings. The normalized spacial score (nSPS) is 11.3. The maximum Gasteiger partial charge on any atom is 0.189 e. The molecule has 0 aliphatic rings. The molecule has 1 heterocycles. The molecule has 0 fully saturated rings. The summed E-state index contributed by atoms with van der Waals surface area (Å²) >= 11 is 7.65. The van der Waals surface area contributed by atoms with Gasteiger partial charge in [0.2, 0.25) is 0 Å². The molecule has 1 aromatic heterocycles. The van der Waals surface area contributed by atoms with Gasteiger partial charge in [-0.2, -0.15) is 0 Å². The smallest absolute Gasteiger partial charge is 0.189 e. The molecule has 0 aliphatic heterocycles. The van der Waals surface area contributed by atoms with Crippen molar-refractivity contribution in [3.05, 3.63) is 28.9 Å². The van der Waals surface area contributed by atoms with E-state index in [9.17, 15) is 0 Å². The van der Waals surface area contributed by atoms with Gasteiger partial charge in [-0.05, 0) is 29.9 Å². The third kappa shape index (κ3) is 2.15. The van der Waals surface area contributed by atoms with E-state index >= 15 is 0 Å². The molecule has 0 saturated carbocycles. The Morgan fingerprint density at radius 3 is 2.62 bits per heavy atom. The molecular weight excluding hydrogens is 240 g/mol. The first-order valence-corrected chi connectivity index (χ1v) is 6.73. The first-order valence-electron chi connectivity index (χ1n) is 5.13. The van der Waals surface area contributed by atoms with Gasteiger partial charge >= 0.3 is 0 Å². The fourth-order valence-electron chi connectivity index (χ4n) is 1.54. The molecule has 0 spiro atoms. The predicted molar refractivity (Wildman–Crippen MR) is 70.4 cm³/mol. The summed E-state index contributed by atoms with van der Waals surface area (Å²) < 4.78 is 0. The summed E-state index contributed by atoms with van der Waals surface area (Å²) in [7, 11) is 0. The van der Waals surface area contributed by atoms with Crippen LogP contribution in [0.1, 0.15) is 25.3 Å². The minimum Gasteiger partial charge on any atom is -0.222 e. The number of hydrogen-bond donors (Lipinski definition) is 0. The SMILES string of the molecule is CSc1nc(Cl)c2cc(C(C)C)ccc2n1. The van der Waals surface area contributed by atoms with Gasteiger partial charge < -0.3 is 0 Å². The van der Waals surface area contributed by atoms with Gasteiger partial charge in [-0.15, -0.1) is 0 Å². The highest BCUT2D eigenvalue weighted by atomic mass is 35.5. The summed E-state index contributed by atoms with van der Waals surface area (Å²) in [6, 6.07) is 6.19. The van der Waals surface area contributed by atoms with E-state index in [4.69, 9.17) is 11.6 Å². The minimum absolute atomic E-state index is 0.487. The molecule has 0 bridgehead atoms. The fourth-order valence-corrected chi connectivity index (χ4v) is 2.19. The number of fused-ring (bicyclic) bond motifs is 1. The summed E-state index contributed by atoms with van der Waals surface area (Å²) in [6.45, 7) is 4.32. The van der Waals surface area contributed by atoms with E-state index in [-0.39, 0.29) is 0 Å². The Balaban J connectivity index is 2.65. The molecule has 0 atom stereocenters. The minimum atomic E-state index is 0.487. The lowest BCUT2D eigenvalue weighted by Gasteiger charge is -2.07. The number of hydrogen-bond acceptors (Lipinski definition) is 3. The summed E-state index contributed by atoms with van der Waals surface area (Å²) in [5.41, 5.74) is 2.17. The molecule has 1 aromatic carbocycles. The Hall–Kier alpha value is -0.800. The van der Waals surface area contributed by atoms with Crippen molar-refractivity contribution >= 4 is 34.3 Å². The van der Waals surface area contributed by atoms with Crippen LogP contribution >= 0.6 is 23.4 Å². The number of nitrogens with zero attached hydrogens (tertiary/aromatic N) is 2. The van der Waals surface area contributed by atoms with E-state index in [0.717, 1.165) is 16.1 Å². The van der Waals surface area contributed by atoms with Crippen LogP contribution in [0.4, 0.5) is 0 Å². The van der Waals surface area contributed by atoms with Crippen LogP contribution in [-0.4, -0.2) is 16.2 Å². The first kappa shape index (κ1) is 11.7. The second-order valence-corrected chi connectivity index (χ2v) is 5.06. The van der Waals surface area contributed by atoms with Gasteiger partial charge in [0.05, 0.1) is 5.52 Å². The molecule has 0 aliphatic carbocycles. The highest BCUT2D eigenvalue weighted by Crippen LogP contribution is 2.26. The van der Waals surface area contributed by atoms with E-state index < -0.39 is 0 Å². The second kappa shape index (κ2) is 4.60. The van der Waals surface area contributed by atoms with E-state index in [1.165, 1.54) is 17.3 Å². The van der Waals surface area contributed by atoms with Crippen molar-refractivity contribution in [1.82, 2.24) is 9.97 Å². The van der Waals surface area contributed by atoms with E-state index in [1.54, 1.807) is 0 Å². The molecule has 84 valence electrons. The highest BCUT2D eigenvalue weighted by Gasteiger charge is 2.07. The number of rotatable bonds is 2. The highest BCUT2D eigenvalue weighted by molar-refractivity contribution is 7.98. The van der Waals surface area contributed by atoms with Crippen LogP contribution in [0.3, 0.4) is 0 Å². The Kier molecular flexibility index (Phi) is 3.36. The average molecular weight is 253 g/mol. The number of thioether (sulfide) groups is 1. The third-order valence-electron chi connectivity index (χ3n) is 2.50. The van der Waals surface area contributed by atoms with Gasteiger partial charge in [0.1, 0.15) is 5.15 Å². The van der Waals surface area contributed by atoms with Crippen LogP contribution in [0.5, 0.6) is 0 Å². The van der Waals surface area contributed by atoms with Crippen LogP contribution in [0.15, 0.2) is 23.4 Å². The van der Waals surface area contributed by atoms with Crippen molar-refractivity contribution in [2.24, 2.45) is 0 Å². The standard InChI is InChI=1S/C12H13ClN2S/c1-7(2)8-4-5-10-9(6-8)11(13)15-12(14-10)16-3/h4-7H,1-3H3. The molecule has 0 unspecified atom stereocenters. The quantitative estimate of drug-likeness (QED) is 0.457. The van der Waals surface area contributed by atoms with Gasteiger partial charge in [0, 0.05) is 5.39 Å². The van der Waals surface area contributed by atoms with Crippen molar-refractivity contribution in [3.63, 3.8) is 0 Å². The lowest BCUT2D eigenvalue weighted by molar-refractivity contribution is 0.867. The van der Waals surface area contributed by atoms with Crippen molar-refractivity contribution in [3.8, 4) is 0 Å². The van der Waals surface area contributed by atoms with Gasteiger partial charge in [-0.25, -0.2) is 9.97 Å². The van der Waals surface area contributed by atoms with Crippen LogP contribution in [0.2, 0.25) is 5.15 Å². The molecular formula is C12H13ClN2S. The topological polar surface area (TPSA) is 25.8 Å². The third-order valence-corrected chi connectivity index (χ3v) is 3.34. The maximum absolute atomic E-state index is 6.15. The molecule has 0 radical (unpaired) electrons. The van der Waals surface area contributed by atoms with Crippen LogP contribution in [0.25, 0.3) is 10.9 Å². The van der Waals surface area contributed by atoms with Crippen molar-refractivity contribution in [1.29, 1.82) is 0 Å². The van der Waals surface area contributed by atoms with Crippen molar-refractivity contribution in [2.45, 2.75) is 24.9 Å². The second-order valence-electron chi connectivity index (χ2n) is 3.93. The monoisotopic (exact) mass is 252 g/mol. The largest absolute Gasteiger partial charge is 0.222 e. The Bertz CT molecular complexity index is 526. The first-order chi connectivity index (χ1) is 7.61. The summed E-state index contributed by atoms with van der Waals surface area (Å²) in [6.07, 6.45) is 1.94. The van der Waals surface area contributed by atoms with Crippen LogP contribution in [0, 0.1) is 0 Å². The zero-order chi connectivity index (χ0) is 11.7. The Morgan fingerprint density at radius 2 is 2.00 bits per heavy atom. The predicted octanol–water partition coefficient (Wildman–Crippen LogP) is 4.13. The summed E-state index contributed by atoms with van der Waals surface area (Å²) in [5, 5.41) is 2.19. The summed E-state index contributed by atoms with van der Waals surface area (Å²) in [5.74, 6) is 0.487. The lowest BCUT2D eigenvalue weighted by atomic mass is 10.0. The zero-order valence-electron chi connectivity index (χ0n) is 9.49. The fraction of sp³-hybridized carbons (Fsp3) is 0.333. The zero-order valence-corrected chi connectivity index (χ0v) is 11.1. The lowest BCUT2D eigenvalue weighted by Crippen LogP contribution is -1.92. The van der Waals surface area contributed by atoms with Gasteiger partial charge in [0.15, 0.2) is 5.16 Å². The van der Waals surface area contributed by atoms with E-state index in [1.807, 2.05) is 12.3 Å². The van der Waals surface area contributed by atoms with E-state index in [2.05, 4.69) is 35.9 Å². The molecule has 0 saturated heterocycles. The van der Waals surface area contributed by atoms with Crippen molar-refractivity contribution in [2.75, 3.05) is 6.26 Å². The van der Waals surface area contributed by atoms with Crippen LogP contribution < -0.4 is 0 Å². The number of halogens is 1. The average Bonchev–Trinajstić information content (AvgIpc) is 2.28.